The topological polar surface area (TPSA) is 56.3 Å². The maximum atomic E-state index is 6.41. The smallest absolute Gasteiger partial charge is 0.124 e. The van der Waals surface area contributed by atoms with Crippen molar-refractivity contribution in [3.05, 3.63) is 47.8 Å². The van der Waals surface area contributed by atoms with E-state index in [1.807, 2.05) is 48.4 Å². The molecule has 2 unspecified atom stereocenters. The van der Waals surface area contributed by atoms with Crippen LogP contribution >= 0.6 is 0 Å². The van der Waals surface area contributed by atoms with Crippen LogP contribution in [0.4, 0.5) is 0 Å². The highest BCUT2D eigenvalue weighted by atomic mass is 16.5. The van der Waals surface area contributed by atoms with Crippen molar-refractivity contribution in [2.24, 2.45) is 12.8 Å². The molecule has 0 amide bonds. The van der Waals surface area contributed by atoms with Crippen LogP contribution in [0.25, 0.3) is 0 Å². The minimum Gasteiger partial charge on any atom is -0.492 e. The van der Waals surface area contributed by atoms with E-state index < -0.39 is 0 Å². The van der Waals surface area contributed by atoms with Crippen LogP contribution in [0.1, 0.15) is 17.2 Å². The Labute approximate surface area is 118 Å². The molecule has 1 aliphatic heterocycles. The molecule has 5 nitrogen and oxygen atoms in total. The maximum Gasteiger partial charge on any atom is 0.124 e. The highest BCUT2D eigenvalue weighted by molar-refractivity contribution is 5.38. The molecular formula is C15H20N4O. The van der Waals surface area contributed by atoms with E-state index >= 15 is 0 Å². The number of hydrogen-bond donors (Lipinski definition) is 1. The van der Waals surface area contributed by atoms with Gasteiger partial charge >= 0.3 is 0 Å². The summed E-state index contributed by atoms with van der Waals surface area (Å²) >= 11 is 0. The first-order valence-electron chi connectivity index (χ1n) is 6.80. The first kappa shape index (κ1) is 13.1. The molecule has 0 saturated heterocycles. The lowest BCUT2D eigenvalue weighted by Crippen LogP contribution is -2.46. The van der Waals surface area contributed by atoms with Gasteiger partial charge in [-0.3, -0.25) is 9.58 Å². The van der Waals surface area contributed by atoms with Gasteiger partial charge < -0.3 is 10.5 Å². The molecule has 0 saturated carbocycles. The number of likely N-dealkylation sites (N-methyl/N-ethyl adjacent to an activating group) is 1. The van der Waals surface area contributed by atoms with E-state index in [1.54, 1.807) is 0 Å². The highest BCUT2D eigenvalue weighted by Gasteiger charge is 2.30. The number of benzene rings is 1. The van der Waals surface area contributed by atoms with E-state index in [-0.39, 0.29) is 12.1 Å². The number of rotatable bonds is 3. The van der Waals surface area contributed by atoms with Gasteiger partial charge in [-0.1, -0.05) is 18.2 Å². The van der Waals surface area contributed by atoms with E-state index in [2.05, 4.69) is 17.0 Å². The normalized spacial score (nSPS) is 21.6. The fourth-order valence-electron chi connectivity index (χ4n) is 2.73. The number of fused-ring (bicyclic) bond motifs is 1. The Hall–Kier alpha value is -1.85. The summed E-state index contributed by atoms with van der Waals surface area (Å²) in [4.78, 5) is 2.23. The second kappa shape index (κ2) is 5.26. The number of aryl methyl sites for hydroxylation is 1. The van der Waals surface area contributed by atoms with Crippen molar-refractivity contribution >= 4 is 0 Å². The molecule has 0 spiro atoms. The van der Waals surface area contributed by atoms with Gasteiger partial charge in [-0.15, -0.1) is 0 Å². The summed E-state index contributed by atoms with van der Waals surface area (Å²) in [5.74, 6) is 0.908. The summed E-state index contributed by atoms with van der Waals surface area (Å²) in [6.07, 6.45) is 3.92. The van der Waals surface area contributed by atoms with Crippen molar-refractivity contribution < 1.29 is 4.74 Å². The van der Waals surface area contributed by atoms with Crippen LogP contribution in [-0.4, -0.2) is 34.4 Å². The zero-order valence-corrected chi connectivity index (χ0v) is 11.9. The largest absolute Gasteiger partial charge is 0.492 e. The van der Waals surface area contributed by atoms with Crippen molar-refractivity contribution in [3.63, 3.8) is 0 Å². The minimum absolute atomic E-state index is 0.0263. The minimum atomic E-state index is -0.0263. The lowest BCUT2D eigenvalue weighted by molar-refractivity contribution is 0.114. The Morgan fingerprint density at radius 1 is 1.45 bits per heavy atom. The zero-order chi connectivity index (χ0) is 14.1. The molecule has 0 radical (unpaired) electrons. The van der Waals surface area contributed by atoms with Gasteiger partial charge in [0.05, 0.1) is 18.3 Å². The third-order valence-corrected chi connectivity index (χ3v) is 3.86. The predicted octanol–water partition coefficient (Wildman–Crippen LogP) is 1.31. The average Bonchev–Trinajstić information content (AvgIpc) is 2.84. The van der Waals surface area contributed by atoms with Crippen LogP contribution in [0.3, 0.4) is 0 Å². The van der Waals surface area contributed by atoms with Crippen LogP contribution < -0.4 is 10.5 Å². The van der Waals surface area contributed by atoms with Crippen LogP contribution in [0.5, 0.6) is 5.75 Å². The monoisotopic (exact) mass is 272 g/mol. The van der Waals surface area contributed by atoms with Gasteiger partial charge in [0.25, 0.3) is 0 Å². The first-order chi connectivity index (χ1) is 9.65. The lowest BCUT2D eigenvalue weighted by atomic mass is 9.96. The number of nitrogens with two attached hydrogens (primary N) is 1. The van der Waals surface area contributed by atoms with E-state index in [4.69, 9.17) is 10.5 Å². The van der Waals surface area contributed by atoms with Gasteiger partial charge in [-0.2, -0.15) is 5.10 Å². The van der Waals surface area contributed by atoms with Gasteiger partial charge in [-0.25, -0.2) is 0 Å². The molecule has 2 N–H and O–H groups in total. The van der Waals surface area contributed by atoms with E-state index in [1.165, 1.54) is 5.56 Å². The number of para-hydroxylation sites is 1. The SMILES string of the molecule is CN(Cc1cnn(C)c1)C1COc2ccccc2C1N. The summed E-state index contributed by atoms with van der Waals surface area (Å²) in [5, 5.41) is 4.20. The van der Waals surface area contributed by atoms with E-state index in [0.29, 0.717) is 6.61 Å². The molecule has 2 heterocycles. The quantitative estimate of drug-likeness (QED) is 0.915. The van der Waals surface area contributed by atoms with Crippen LogP contribution in [0.15, 0.2) is 36.7 Å². The van der Waals surface area contributed by atoms with Crippen molar-refractivity contribution in [2.45, 2.75) is 18.6 Å². The third kappa shape index (κ3) is 2.42. The molecule has 0 aliphatic carbocycles. The van der Waals surface area contributed by atoms with Crippen LogP contribution in [0, 0.1) is 0 Å². The van der Waals surface area contributed by atoms with Gasteiger partial charge in [-0.05, 0) is 13.1 Å². The summed E-state index contributed by atoms with van der Waals surface area (Å²) in [5.41, 5.74) is 8.67. The molecule has 5 heteroatoms. The predicted molar refractivity (Wildman–Crippen MR) is 77.3 cm³/mol. The molecule has 0 bridgehead atoms. The number of nitrogens with zero attached hydrogens (tertiary/aromatic N) is 3. The summed E-state index contributed by atoms with van der Waals surface area (Å²) in [6.45, 7) is 1.44. The van der Waals surface area contributed by atoms with Crippen molar-refractivity contribution in [1.29, 1.82) is 0 Å². The van der Waals surface area contributed by atoms with Crippen LogP contribution in [0.2, 0.25) is 0 Å². The highest BCUT2D eigenvalue weighted by Crippen LogP contribution is 2.32. The molecular weight excluding hydrogens is 252 g/mol. The third-order valence-electron chi connectivity index (χ3n) is 3.86. The fraction of sp³-hybridized carbons (Fsp3) is 0.400. The van der Waals surface area contributed by atoms with Gasteiger partial charge in [0.2, 0.25) is 0 Å². The molecule has 0 fully saturated rings. The molecule has 106 valence electrons. The Morgan fingerprint density at radius 2 is 2.25 bits per heavy atom. The van der Waals surface area contributed by atoms with Gasteiger partial charge in [0, 0.05) is 30.9 Å². The average molecular weight is 272 g/mol. The number of ether oxygens (including phenoxy) is 1. The fourth-order valence-corrected chi connectivity index (χ4v) is 2.73. The molecule has 1 aliphatic rings. The van der Waals surface area contributed by atoms with E-state index in [9.17, 15) is 0 Å². The zero-order valence-electron chi connectivity index (χ0n) is 11.9. The summed E-state index contributed by atoms with van der Waals surface area (Å²) < 4.78 is 7.64. The summed E-state index contributed by atoms with van der Waals surface area (Å²) in [7, 11) is 4.00. The molecule has 1 aromatic heterocycles. The molecule has 2 atom stereocenters. The Kier molecular flexibility index (Phi) is 3.46. The Morgan fingerprint density at radius 3 is 3.00 bits per heavy atom. The van der Waals surface area contributed by atoms with Crippen molar-refractivity contribution in [2.75, 3.05) is 13.7 Å². The molecule has 1 aromatic carbocycles. The molecule has 20 heavy (non-hydrogen) atoms. The van der Waals surface area contributed by atoms with E-state index in [0.717, 1.165) is 17.9 Å². The molecule has 3 rings (SSSR count). The summed E-state index contributed by atoms with van der Waals surface area (Å²) in [6, 6.07) is 8.15. The molecule has 2 aromatic rings. The number of aromatic nitrogens is 2. The second-order valence-electron chi connectivity index (χ2n) is 5.38. The Balaban J connectivity index is 1.75. The van der Waals surface area contributed by atoms with Crippen molar-refractivity contribution in [1.82, 2.24) is 14.7 Å². The van der Waals surface area contributed by atoms with Gasteiger partial charge in [0.1, 0.15) is 12.4 Å². The van der Waals surface area contributed by atoms with Crippen LogP contribution in [-0.2, 0) is 13.6 Å². The maximum absolute atomic E-state index is 6.41. The first-order valence-corrected chi connectivity index (χ1v) is 6.80. The van der Waals surface area contributed by atoms with Crippen molar-refractivity contribution in [3.8, 4) is 5.75 Å². The second-order valence-corrected chi connectivity index (χ2v) is 5.38. The van der Waals surface area contributed by atoms with Gasteiger partial charge in [0.15, 0.2) is 0 Å². The number of hydrogen-bond acceptors (Lipinski definition) is 4. The standard InChI is InChI=1S/C15H20N4O/c1-18(8-11-7-17-19(2)9-11)13-10-20-14-6-4-3-5-12(14)15(13)16/h3-7,9,13,15H,8,10,16H2,1-2H3. The Bertz CT molecular complexity index is 595. The lowest BCUT2D eigenvalue weighted by Gasteiger charge is -2.36.